The zero-order valence-electron chi connectivity index (χ0n) is 27.1. The average molecular weight is 575 g/mol. The van der Waals surface area contributed by atoms with Crippen molar-refractivity contribution in [1.29, 1.82) is 0 Å². The molecule has 0 aromatic rings. The van der Waals surface area contributed by atoms with Gasteiger partial charge in [-0.3, -0.25) is 9.80 Å². The summed E-state index contributed by atoms with van der Waals surface area (Å²) >= 11 is 0. The predicted molar refractivity (Wildman–Crippen MR) is 180 cm³/mol. The van der Waals surface area contributed by atoms with E-state index in [1.54, 1.807) is 0 Å². The SMILES string of the molecule is C=CC(=CC=C=C(C)CN1CCCCNCCNCCCNCC1)CN(CCC)CCNCCCNCCCNC. The molecule has 1 aliphatic heterocycles. The van der Waals surface area contributed by atoms with Gasteiger partial charge in [0.25, 0.3) is 0 Å². The third kappa shape index (κ3) is 23.9. The summed E-state index contributed by atoms with van der Waals surface area (Å²) in [4.78, 5) is 5.11. The monoisotopic (exact) mass is 575 g/mol. The van der Waals surface area contributed by atoms with Crippen LogP contribution in [0.5, 0.6) is 0 Å². The van der Waals surface area contributed by atoms with E-state index in [2.05, 4.69) is 80.0 Å². The van der Waals surface area contributed by atoms with Gasteiger partial charge in [0, 0.05) is 52.4 Å². The van der Waals surface area contributed by atoms with Gasteiger partial charge >= 0.3 is 0 Å². The molecule has 0 aromatic heterocycles. The summed E-state index contributed by atoms with van der Waals surface area (Å²) in [5.74, 6) is 0. The highest BCUT2D eigenvalue weighted by molar-refractivity contribution is 5.24. The Kier molecular flexibility index (Phi) is 26.5. The second kappa shape index (κ2) is 28.8. The molecule has 1 rings (SSSR count). The minimum atomic E-state index is 0.935. The van der Waals surface area contributed by atoms with E-state index in [9.17, 15) is 0 Å². The van der Waals surface area contributed by atoms with Gasteiger partial charge in [-0.25, -0.2) is 0 Å². The van der Waals surface area contributed by atoms with Gasteiger partial charge in [0.15, 0.2) is 0 Å². The van der Waals surface area contributed by atoms with E-state index in [4.69, 9.17) is 0 Å². The van der Waals surface area contributed by atoms with Crippen molar-refractivity contribution in [3.63, 3.8) is 0 Å². The van der Waals surface area contributed by atoms with E-state index in [1.807, 2.05) is 13.1 Å². The van der Waals surface area contributed by atoms with Crippen LogP contribution in [-0.4, -0.2) is 128 Å². The van der Waals surface area contributed by atoms with Gasteiger partial charge in [0.1, 0.15) is 0 Å². The van der Waals surface area contributed by atoms with Crippen LogP contribution < -0.4 is 31.9 Å². The van der Waals surface area contributed by atoms with E-state index in [1.165, 1.54) is 43.3 Å². The average Bonchev–Trinajstić information content (AvgIpc) is 2.98. The normalized spacial score (nSPS) is 17.0. The first-order chi connectivity index (χ1) is 20.2. The number of nitrogens with one attached hydrogen (secondary N) is 6. The third-order valence-corrected chi connectivity index (χ3v) is 7.26. The molecular formula is C33H66N8. The lowest BCUT2D eigenvalue weighted by Gasteiger charge is -2.22. The number of rotatable bonds is 19. The first-order valence-corrected chi connectivity index (χ1v) is 16.6. The van der Waals surface area contributed by atoms with E-state index in [0.717, 1.165) is 118 Å². The van der Waals surface area contributed by atoms with Crippen LogP contribution in [0.2, 0.25) is 0 Å². The van der Waals surface area contributed by atoms with Crippen LogP contribution in [0.3, 0.4) is 0 Å². The van der Waals surface area contributed by atoms with Gasteiger partial charge in [-0.1, -0.05) is 25.7 Å². The number of hydrogen-bond donors (Lipinski definition) is 6. The van der Waals surface area contributed by atoms with Crippen molar-refractivity contribution in [2.24, 2.45) is 0 Å². The van der Waals surface area contributed by atoms with E-state index in [-0.39, 0.29) is 0 Å². The maximum Gasteiger partial charge on any atom is 0.0266 e. The summed E-state index contributed by atoms with van der Waals surface area (Å²) in [5, 5.41) is 21.0. The van der Waals surface area contributed by atoms with E-state index < -0.39 is 0 Å². The molecule has 0 aliphatic carbocycles. The van der Waals surface area contributed by atoms with Crippen LogP contribution >= 0.6 is 0 Å². The second-order valence-electron chi connectivity index (χ2n) is 11.2. The molecule has 0 atom stereocenters. The van der Waals surface area contributed by atoms with Crippen LogP contribution in [0.4, 0.5) is 0 Å². The summed E-state index contributed by atoms with van der Waals surface area (Å²) in [6.07, 6.45) is 13.5. The quantitative estimate of drug-likeness (QED) is 0.0798. The molecule has 1 fully saturated rings. The van der Waals surface area contributed by atoms with Crippen molar-refractivity contribution in [2.75, 3.05) is 118 Å². The molecule has 1 heterocycles. The van der Waals surface area contributed by atoms with Gasteiger partial charge in [-0.15, -0.1) is 5.73 Å². The van der Waals surface area contributed by atoms with Crippen LogP contribution in [0, 0.1) is 0 Å². The first-order valence-electron chi connectivity index (χ1n) is 16.6. The molecule has 0 bridgehead atoms. The molecule has 8 nitrogen and oxygen atoms in total. The molecule has 41 heavy (non-hydrogen) atoms. The van der Waals surface area contributed by atoms with Crippen molar-refractivity contribution in [1.82, 2.24) is 41.7 Å². The van der Waals surface area contributed by atoms with Gasteiger partial charge in [0.2, 0.25) is 0 Å². The Hall–Kier alpha value is -1.32. The van der Waals surface area contributed by atoms with Crippen LogP contribution in [-0.2, 0) is 0 Å². The summed E-state index contributed by atoms with van der Waals surface area (Å²) < 4.78 is 0. The van der Waals surface area contributed by atoms with Gasteiger partial charge < -0.3 is 31.9 Å². The van der Waals surface area contributed by atoms with Gasteiger partial charge in [0.05, 0.1) is 0 Å². The maximum absolute atomic E-state index is 4.09. The number of allylic oxidation sites excluding steroid dienone is 1. The lowest BCUT2D eigenvalue weighted by molar-refractivity contribution is 0.288. The van der Waals surface area contributed by atoms with E-state index >= 15 is 0 Å². The van der Waals surface area contributed by atoms with Crippen molar-refractivity contribution < 1.29 is 0 Å². The molecule has 0 amide bonds. The maximum atomic E-state index is 4.09. The highest BCUT2D eigenvalue weighted by Crippen LogP contribution is 2.04. The molecular weight excluding hydrogens is 508 g/mol. The summed E-state index contributed by atoms with van der Waals surface area (Å²) in [6.45, 7) is 26.7. The molecule has 238 valence electrons. The fraction of sp³-hybridized carbons (Fsp3) is 0.788. The van der Waals surface area contributed by atoms with Crippen LogP contribution in [0.15, 0.2) is 41.7 Å². The predicted octanol–water partition coefficient (Wildman–Crippen LogP) is 2.35. The standard InChI is InChI=1S/C33H66N8/c1-5-26-40(28-24-38-20-11-18-35-17-10-15-34-4)31-33(6-2)14-9-13-32(3)30-41-27-8-7-16-36-22-23-37-19-12-21-39-25-29-41/h6,9,14,34-39H,2,5,7-8,10-12,15-31H2,1,3-4H3. The van der Waals surface area contributed by atoms with Crippen molar-refractivity contribution in [2.45, 2.75) is 52.4 Å². The molecule has 1 saturated heterocycles. The highest BCUT2D eigenvalue weighted by Gasteiger charge is 2.07. The fourth-order valence-electron chi connectivity index (χ4n) is 4.90. The largest absolute Gasteiger partial charge is 0.320 e. The van der Waals surface area contributed by atoms with Gasteiger partial charge in [-0.2, -0.15) is 0 Å². The van der Waals surface area contributed by atoms with Gasteiger partial charge in [-0.05, 0) is 129 Å². The minimum Gasteiger partial charge on any atom is -0.320 e. The van der Waals surface area contributed by atoms with E-state index in [0.29, 0.717) is 0 Å². The number of hydrogen-bond acceptors (Lipinski definition) is 8. The topological polar surface area (TPSA) is 78.7 Å². The fourth-order valence-corrected chi connectivity index (χ4v) is 4.90. The zero-order valence-corrected chi connectivity index (χ0v) is 27.1. The smallest absolute Gasteiger partial charge is 0.0266 e. The Morgan fingerprint density at radius 2 is 1.54 bits per heavy atom. The highest BCUT2D eigenvalue weighted by atomic mass is 15.1. The Balaban J connectivity index is 2.49. The molecule has 0 saturated carbocycles. The molecule has 0 radical (unpaired) electrons. The zero-order chi connectivity index (χ0) is 29.6. The first kappa shape index (κ1) is 37.7. The number of nitrogens with zero attached hydrogens (tertiary/aromatic N) is 2. The lowest BCUT2D eigenvalue weighted by Crippen LogP contribution is -2.35. The Morgan fingerprint density at radius 3 is 2.24 bits per heavy atom. The molecule has 0 spiro atoms. The molecule has 0 unspecified atom stereocenters. The Labute approximate surface area is 253 Å². The molecule has 8 heteroatoms. The third-order valence-electron chi connectivity index (χ3n) is 7.26. The summed E-state index contributed by atoms with van der Waals surface area (Å²) in [7, 11) is 2.01. The lowest BCUT2D eigenvalue weighted by atomic mass is 10.2. The Bertz CT molecular complexity index is 685. The molecule has 0 aromatic carbocycles. The molecule has 6 N–H and O–H groups in total. The van der Waals surface area contributed by atoms with Crippen LogP contribution in [0.25, 0.3) is 0 Å². The van der Waals surface area contributed by atoms with Crippen LogP contribution in [0.1, 0.15) is 52.4 Å². The van der Waals surface area contributed by atoms with Crippen molar-refractivity contribution >= 4 is 0 Å². The summed E-state index contributed by atoms with van der Waals surface area (Å²) in [5.41, 5.74) is 6.09. The summed E-state index contributed by atoms with van der Waals surface area (Å²) in [6, 6.07) is 0. The minimum absolute atomic E-state index is 0.935. The van der Waals surface area contributed by atoms with Crippen molar-refractivity contribution in [3.05, 3.63) is 41.7 Å². The Morgan fingerprint density at radius 1 is 0.854 bits per heavy atom. The van der Waals surface area contributed by atoms with Crippen molar-refractivity contribution in [3.8, 4) is 0 Å². The molecule has 1 aliphatic rings. The second-order valence-corrected chi connectivity index (χ2v) is 11.2.